The van der Waals surface area contributed by atoms with Gasteiger partial charge in [-0.15, -0.1) is 0 Å². The molecule has 0 saturated heterocycles. The van der Waals surface area contributed by atoms with Gasteiger partial charge in [0.1, 0.15) is 0 Å². The third-order valence-corrected chi connectivity index (χ3v) is 3.89. The molecule has 5 heteroatoms. The molecule has 0 aromatic rings. The van der Waals surface area contributed by atoms with Gasteiger partial charge >= 0.3 is 0 Å². The van der Waals surface area contributed by atoms with E-state index < -0.39 is 0 Å². The SMILES string of the molecule is COCCNC(=S)N/N=C1/C[C@@H](C)CC[C@@H]1C(C)C. The van der Waals surface area contributed by atoms with Crippen LogP contribution in [0.25, 0.3) is 0 Å². The molecule has 1 aliphatic carbocycles. The second-order valence-electron chi connectivity index (χ2n) is 5.70. The van der Waals surface area contributed by atoms with E-state index in [2.05, 4.69) is 36.6 Å². The average Bonchev–Trinajstić information content (AvgIpc) is 2.36. The number of hydrogen-bond acceptors (Lipinski definition) is 3. The maximum absolute atomic E-state index is 5.18. The van der Waals surface area contributed by atoms with E-state index >= 15 is 0 Å². The first-order valence-corrected chi connectivity index (χ1v) is 7.54. The Labute approximate surface area is 122 Å². The fraction of sp³-hybridized carbons (Fsp3) is 0.857. The summed E-state index contributed by atoms with van der Waals surface area (Å²) in [6.45, 7) is 8.18. The lowest BCUT2D eigenvalue weighted by molar-refractivity contribution is 0.204. The molecule has 1 fully saturated rings. The first-order valence-electron chi connectivity index (χ1n) is 7.13. The second kappa shape index (κ2) is 8.48. The molecule has 0 bridgehead atoms. The van der Waals surface area contributed by atoms with Crippen LogP contribution >= 0.6 is 12.2 Å². The molecule has 1 aliphatic rings. The van der Waals surface area contributed by atoms with Gasteiger partial charge in [0.2, 0.25) is 0 Å². The molecule has 1 rings (SSSR count). The van der Waals surface area contributed by atoms with Gasteiger partial charge in [0.25, 0.3) is 0 Å². The second-order valence-corrected chi connectivity index (χ2v) is 6.11. The van der Waals surface area contributed by atoms with E-state index in [9.17, 15) is 0 Å². The van der Waals surface area contributed by atoms with Gasteiger partial charge in [0.15, 0.2) is 5.11 Å². The van der Waals surface area contributed by atoms with E-state index in [0.29, 0.717) is 30.1 Å². The van der Waals surface area contributed by atoms with Crippen LogP contribution in [-0.4, -0.2) is 31.1 Å². The van der Waals surface area contributed by atoms with E-state index in [1.807, 2.05) is 0 Å². The molecule has 0 aliphatic heterocycles. The van der Waals surface area contributed by atoms with Crippen LogP contribution in [0.5, 0.6) is 0 Å². The third-order valence-electron chi connectivity index (χ3n) is 3.65. The van der Waals surface area contributed by atoms with E-state index in [0.717, 1.165) is 12.3 Å². The fourth-order valence-corrected chi connectivity index (χ4v) is 2.66. The van der Waals surface area contributed by atoms with Crippen molar-refractivity contribution in [2.24, 2.45) is 22.9 Å². The molecule has 4 nitrogen and oxygen atoms in total. The standard InChI is InChI=1S/C14H27N3OS/c1-10(2)12-6-5-11(3)9-13(12)16-17-14(19)15-7-8-18-4/h10-12H,5-9H2,1-4H3,(H2,15,17,19)/b16-13-/t11-,12+/m0/s1. The van der Waals surface area contributed by atoms with Crippen LogP contribution < -0.4 is 10.7 Å². The molecule has 0 radical (unpaired) electrons. The minimum absolute atomic E-state index is 0.574. The topological polar surface area (TPSA) is 45.6 Å². The molecule has 0 aromatic heterocycles. The number of hydrazone groups is 1. The van der Waals surface area contributed by atoms with Crippen LogP contribution in [0.4, 0.5) is 0 Å². The molecular formula is C14H27N3OS. The van der Waals surface area contributed by atoms with E-state index in [1.165, 1.54) is 18.6 Å². The summed E-state index contributed by atoms with van der Waals surface area (Å²) in [5, 5.41) is 8.18. The number of rotatable bonds is 5. The Morgan fingerprint density at radius 3 is 2.84 bits per heavy atom. The van der Waals surface area contributed by atoms with Crippen LogP contribution in [0.2, 0.25) is 0 Å². The van der Waals surface area contributed by atoms with Gasteiger partial charge in [-0.05, 0) is 43.3 Å². The summed E-state index contributed by atoms with van der Waals surface area (Å²) >= 11 is 5.18. The first-order chi connectivity index (χ1) is 9.04. The molecule has 110 valence electrons. The van der Waals surface area contributed by atoms with Gasteiger partial charge in [-0.2, -0.15) is 5.10 Å². The summed E-state index contributed by atoms with van der Waals surface area (Å²) in [5.41, 5.74) is 4.24. The Bertz CT molecular complexity index is 318. The van der Waals surface area contributed by atoms with Crippen molar-refractivity contribution in [2.45, 2.75) is 40.0 Å². The van der Waals surface area contributed by atoms with Crippen molar-refractivity contribution in [3.63, 3.8) is 0 Å². The van der Waals surface area contributed by atoms with Crippen molar-refractivity contribution in [2.75, 3.05) is 20.3 Å². The lowest BCUT2D eigenvalue weighted by Crippen LogP contribution is -2.36. The Balaban J connectivity index is 2.49. The molecular weight excluding hydrogens is 258 g/mol. The van der Waals surface area contributed by atoms with Crippen molar-refractivity contribution < 1.29 is 4.74 Å². The molecule has 0 heterocycles. The maximum Gasteiger partial charge on any atom is 0.187 e. The van der Waals surface area contributed by atoms with Gasteiger partial charge in [-0.1, -0.05) is 20.8 Å². The zero-order chi connectivity index (χ0) is 14.3. The molecule has 0 spiro atoms. The minimum atomic E-state index is 0.574. The maximum atomic E-state index is 5.18. The summed E-state index contributed by atoms with van der Waals surface area (Å²) in [6.07, 6.45) is 3.62. The number of ether oxygens (including phenoxy) is 1. The molecule has 19 heavy (non-hydrogen) atoms. The largest absolute Gasteiger partial charge is 0.383 e. The Morgan fingerprint density at radius 2 is 2.21 bits per heavy atom. The molecule has 0 unspecified atom stereocenters. The predicted octanol–water partition coefficient (Wildman–Crippen LogP) is 2.55. The summed E-state index contributed by atoms with van der Waals surface area (Å²) in [4.78, 5) is 0. The molecule has 2 N–H and O–H groups in total. The number of nitrogens with zero attached hydrogens (tertiary/aromatic N) is 1. The highest BCUT2D eigenvalue weighted by atomic mass is 32.1. The van der Waals surface area contributed by atoms with Gasteiger partial charge in [0, 0.05) is 25.3 Å². The van der Waals surface area contributed by atoms with Crippen LogP contribution in [-0.2, 0) is 4.74 Å². The van der Waals surface area contributed by atoms with E-state index in [4.69, 9.17) is 17.0 Å². The smallest absolute Gasteiger partial charge is 0.187 e. The Kier molecular flexibility index (Phi) is 7.31. The van der Waals surface area contributed by atoms with Crippen LogP contribution in [0.1, 0.15) is 40.0 Å². The zero-order valence-electron chi connectivity index (χ0n) is 12.5. The molecule has 0 aromatic carbocycles. The lowest BCUT2D eigenvalue weighted by Gasteiger charge is -2.30. The number of hydrogen-bond donors (Lipinski definition) is 2. The van der Waals surface area contributed by atoms with Gasteiger partial charge < -0.3 is 10.1 Å². The Hall–Kier alpha value is -0.680. The van der Waals surface area contributed by atoms with Crippen molar-refractivity contribution in [3.8, 4) is 0 Å². The Morgan fingerprint density at radius 1 is 1.47 bits per heavy atom. The molecule has 1 saturated carbocycles. The summed E-state index contributed by atoms with van der Waals surface area (Å²) in [6, 6.07) is 0. The van der Waals surface area contributed by atoms with Crippen molar-refractivity contribution >= 4 is 23.0 Å². The number of methoxy groups -OCH3 is 1. The van der Waals surface area contributed by atoms with Crippen LogP contribution in [0.15, 0.2) is 5.10 Å². The van der Waals surface area contributed by atoms with Gasteiger partial charge in [-0.3, -0.25) is 5.43 Å². The molecule has 0 amide bonds. The predicted molar refractivity (Wildman–Crippen MR) is 84.4 cm³/mol. The first kappa shape index (κ1) is 16.4. The van der Waals surface area contributed by atoms with Crippen molar-refractivity contribution in [1.29, 1.82) is 0 Å². The van der Waals surface area contributed by atoms with Crippen LogP contribution in [0, 0.1) is 17.8 Å². The normalized spacial score (nSPS) is 25.6. The van der Waals surface area contributed by atoms with Gasteiger partial charge in [0.05, 0.1) is 6.61 Å². The minimum Gasteiger partial charge on any atom is -0.383 e. The number of thiocarbonyl (C=S) groups is 1. The highest BCUT2D eigenvalue weighted by Crippen LogP contribution is 2.31. The van der Waals surface area contributed by atoms with Crippen molar-refractivity contribution in [1.82, 2.24) is 10.7 Å². The van der Waals surface area contributed by atoms with E-state index in [-0.39, 0.29) is 0 Å². The highest BCUT2D eigenvalue weighted by molar-refractivity contribution is 7.80. The highest BCUT2D eigenvalue weighted by Gasteiger charge is 2.27. The molecule has 2 atom stereocenters. The van der Waals surface area contributed by atoms with Crippen LogP contribution in [0.3, 0.4) is 0 Å². The lowest BCUT2D eigenvalue weighted by atomic mass is 9.76. The van der Waals surface area contributed by atoms with Gasteiger partial charge in [-0.25, -0.2) is 0 Å². The summed E-state index contributed by atoms with van der Waals surface area (Å²) < 4.78 is 4.96. The van der Waals surface area contributed by atoms with E-state index in [1.54, 1.807) is 7.11 Å². The monoisotopic (exact) mass is 285 g/mol. The quantitative estimate of drug-likeness (QED) is 0.463. The zero-order valence-corrected chi connectivity index (χ0v) is 13.3. The summed E-state index contributed by atoms with van der Waals surface area (Å²) in [5.74, 6) is 1.96. The average molecular weight is 285 g/mol. The fourth-order valence-electron chi connectivity index (χ4n) is 2.52. The third kappa shape index (κ3) is 5.87. The number of nitrogens with one attached hydrogen (secondary N) is 2. The summed E-state index contributed by atoms with van der Waals surface area (Å²) in [7, 11) is 1.68. The van der Waals surface area contributed by atoms with Crippen molar-refractivity contribution in [3.05, 3.63) is 0 Å².